The summed E-state index contributed by atoms with van der Waals surface area (Å²) in [5, 5.41) is 0.466. The number of rotatable bonds is 5. The lowest BCUT2D eigenvalue weighted by atomic mass is 10.1. The van der Waals surface area contributed by atoms with Crippen molar-refractivity contribution in [2.45, 2.75) is 13.8 Å². The molecule has 0 radical (unpaired) electrons. The van der Waals surface area contributed by atoms with Crippen molar-refractivity contribution in [3.05, 3.63) is 48.7 Å². The summed E-state index contributed by atoms with van der Waals surface area (Å²) in [6.45, 7) is 8.09. The Morgan fingerprint density at radius 3 is 2.90 bits per heavy atom. The Balaban J connectivity index is 2.56. The highest BCUT2D eigenvalue weighted by Gasteiger charge is 2.14. The van der Waals surface area contributed by atoms with Crippen molar-refractivity contribution < 1.29 is 9.22 Å². The van der Waals surface area contributed by atoms with Gasteiger partial charge in [0.25, 0.3) is 0 Å². The molecule has 2 aromatic rings. The van der Waals surface area contributed by atoms with E-state index in [0.717, 1.165) is 5.76 Å². The lowest BCUT2D eigenvalue weighted by Crippen LogP contribution is -1.94. The second kappa shape index (κ2) is 6.21. The fraction of sp³-hybridized carbons (Fsp3) is 0.200. The van der Waals surface area contributed by atoms with Crippen LogP contribution < -0.4 is 5.73 Å². The maximum atomic E-state index is 13.9. The molecule has 0 saturated heterocycles. The molecule has 2 N–H and O–H groups in total. The number of aromatic nitrogens is 3. The van der Waals surface area contributed by atoms with Crippen LogP contribution in [0.3, 0.4) is 0 Å². The number of nitrogen functional groups attached to an aromatic ring is 1. The van der Waals surface area contributed by atoms with Crippen molar-refractivity contribution in [1.29, 1.82) is 0 Å². The summed E-state index contributed by atoms with van der Waals surface area (Å²) >= 11 is 0. The van der Waals surface area contributed by atoms with Crippen molar-refractivity contribution in [3.8, 4) is 0 Å². The molecule has 21 heavy (non-hydrogen) atoms. The van der Waals surface area contributed by atoms with Gasteiger partial charge in [-0.25, -0.2) is 9.97 Å². The Morgan fingerprint density at radius 1 is 1.48 bits per heavy atom. The molecular weight excluding hydrogens is 271 g/mol. The first-order valence-electron chi connectivity index (χ1n) is 6.50. The van der Waals surface area contributed by atoms with Gasteiger partial charge in [0, 0.05) is 11.8 Å². The quantitative estimate of drug-likeness (QED) is 0.677. The van der Waals surface area contributed by atoms with Crippen LogP contribution in [0, 0.1) is 0 Å². The number of nitrogens with zero attached hydrogens (tertiary/aromatic N) is 3. The summed E-state index contributed by atoms with van der Waals surface area (Å²) in [7, 11) is 0. The standard InChI is InChI=1S/C15H17FN4O/c1-4-11(7-6-10(3)21-5-2)12-8-20(16)15-13(12)14(17)18-9-19-15/h4,6-9H,1,5H2,2-3H3,(H2,17,18,19)/b10-6+,11-7+. The molecule has 0 fully saturated rings. The van der Waals surface area contributed by atoms with Gasteiger partial charge in [0.05, 0.1) is 17.8 Å². The molecule has 110 valence electrons. The first-order chi connectivity index (χ1) is 10.1. The number of ether oxygens (including phenoxy) is 1. The molecule has 0 unspecified atom stereocenters. The van der Waals surface area contributed by atoms with E-state index in [0.29, 0.717) is 27.9 Å². The molecule has 0 aliphatic rings. The second-order valence-corrected chi connectivity index (χ2v) is 4.35. The second-order valence-electron chi connectivity index (χ2n) is 4.35. The number of fused-ring (bicyclic) bond motifs is 1. The van der Waals surface area contributed by atoms with Gasteiger partial charge >= 0.3 is 0 Å². The van der Waals surface area contributed by atoms with E-state index in [1.165, 1.54) is 12.5 Å². The van der Waals surface area contributed by atoms with Crippen LogP contribution in [0.1, 0.15) is 19.4 Å². The minimum Gasteiger partial charge on any atom is -0.499 e. The van der Waals surface area contributed by atoms with Gasteiger partial charge in [-0.2, -0.15) is 4.79 Å². The van der Waals surface area contributed by atoms with Crippen molar-refractivity contribution in [2.24, 2.45) is 0 Å². The van der Waals surface area contributed by atoms with Crippen LogP contribution >= 0.6 is 0 Å². The highest BCUT2D eigenvalue weighted by molar-refractivity contribution is 5.99. The van der Waals surface area contributed by atoms with E-state index in [4.69, 9.17) is 10.5 Å². The fourth-order valence-corrected chi connectivity index (χ4v) is 2.02. The summed E-state index contributed by atoms with van der Waals surface area (Å²) in [6.07, 6.45) is 7.75. The number of allylic oxidation sites excluding steroid dienone is 5. The largest absolute Gasteiger partial charge is 0.499 e. The Labute approximate surface area is 122 Å². The van der Waals surface area contributed by atoms with Gasteiger partial charge < -0.3 is 10.5 Å². The van der Waals surface area contributed by atoms with Crippen LogP contribution in [0.5, 0.6) is 0 Å². The minimum atomic E-state index is 0.135. The molecule has 0 spiro atoms. The first-order valence-corrected chi connectivity index (χ1v) is 6.50. The molecule has 0 bridgehead atoms. The van der Waals surface area contributed by atoms with Crippen LogP contribution in [-0.2, 0) is 4.74 Å². The van der Waals surface area contributed by atoms with E-state index in [1.807, 2.05) is 13.8 Å². The van der Waals surface area contributed by atoms with E-state index in [9.17, 15) is 4.48 Å². The van der Waals surface area contributed by atoms with Gasteiger partial charge in [-0.1, -0.05) is 23.2 Å². The van der Waals surface area contributed by atoms with E-state index in [-0.39, 0.29) is 11.5 Å². The molecule has 2 aromatic heterocycles. The third-order valence-corrected chi connectivity index (χ3v) is 2.97. The SMILES string of the molecule is C=C/C(=C\C=C(/C)OCC)c1cn(F)c2ncnc(N)c12. The lowest BCUT2D eigenvalue weighted by molar-refractivity contribution is 0.231. The monoisotopic (exact) mass is 288 g/mol. The molecule has 2 heterocycles. The van der Waals surface area contributed by atoms with Crippen LogP contribution in [0.25, 0.3) is 16.6 Å². The summed E-state index contributed by atoms with van der Waals surface area (Å²) in [6, 6.07) is 0. The lowest BCUT2D eigenvalue weighted by Gasteiger charge is -2.03. The molecule has 0 atom stereocenters. The zero-order valence-corrected chi connectivity index (χ0v) is 12.0. The van der Waals surface area contributed by atoms with Crippen molar-refractivity contribution in [2.75, 3.05) is 12.3 Å². The summed E-state index contributed by atoms with van der Waals surface area (Å²) in [5.41, 5.74) is 7.26. The smallest absolute Gasteiger partial charge is 0.175 e. The molecule has 0 saturated carbocycles. The van der Waals surface area contributed by atoms with Crippen LogP contribution in [0.4, 0.5) is 10.3 Å². The molecular formula is C15H17FN4O. The average molecular weight is 288 g/mol. The third-order valence-electron chi connectivity index (χ3n) is 2.97. The predicted octanol–water partition coefficient (Wildman–Crippen LogP) is 3.26. The zero-order chi connectivity index (χ0) is 15.4. The van der Waals surface area contributed by atoms with Crippen molar-refractivity contribution >= 4 is 22.4 Å². The van der Waals surface area contributed by atoms with E-state index < -0.39 is 0 Å². The molecule has 0 amide bonds. The molecule has 2 rings (SSSR count). The zero-order valence-electron chi connectivity index (χ0n) is 12.0. The van der Waals surface area contributed by atoms with Crippen molar-refractivity contribution in [1.82, 2.24) is 14.8 Å². The average Bonchev–Trinajstić information content (AvgIpc) is 2.79. The number of anilines is 1. The van der Waals surface area contributed by atoms with Gasteiger partial charge in [-0.05, 0) is 25.5 Å². The topological polar surface area (TPSA) is 66.0 Å². The highest BCUT2D eigenvalue weighted by atomic mass is 19.2. The maximum Gasteiger partial charge on any atom is 0.175 e. The Hall–Kier alpha value is -2.63. The number of hydrogen-bond acceptors (Lipinski definition) is 4. The van der Waals surface area contributed by atoms with E-state index in [1.54, 1.807) is 18.2 Å². The van der Waals surface area contributed by atoms with E-state index >= 15 is 0 Å². The van der Waals surface area contributed by atoms with Gasteiger partial charge in [-0.3, -0.25) is 0 Å². The fourth-order valence-electron chi connectivity index (χ4n) is 2.02. The Kier molecular flexibility index (Phi) is 4.37. The van der Waals surface area contributed by atoms with Crippen LogP contribution in [0.2, 0.25) is 0 Å². The maximum absolute atomic E-state index is 13.9. The molecule has 0 aliphatic carbocycles. The van der Waals surface area contributed by atoms with Gasteiger partial charge in [0.1, 0.15) is 12.1 Å². The Morgan fingerprint density at radius 2 is 2.24 bits per heavy atom. The van der Waals surface area contributed by atoms with Gasteiger partial charge in [-0.15, -0.1) is 0 Å². The summed E-state index contributed by atoms with van der Waals surface area (Å²) in [4.78, 5) is 8.24. The van der Waals surface area contributed by atoms with Crippen LogP contribution in [-0.4, -0.2) is 21.4 Å². The van der Waals surface area contributed by atoms with Gasteiger partial charge in [0.15, 0.2) is 5.65 Å². The number of halogens is 1. The first kappa shape index (κ1) is 14.8. The minimum absolute atomic E-state index is 0.135. The molecule has 0 aliphatic heterocycles. The number of hydrogen-bond donors (Lipinski definition) is 1. The number of nitrogens with two attached hydrogens (primary N) is 1. The van der Waals surface area contributed by atoms with Crippen LogP contribution in [0.15, 0.2) is 43.1 Å². The third kappa shape index (κ3) is 2.94. The molecule has 5 nitrogen and oxygen atoms in total. The normalized spacial score (nSPS) is 12.7. The van der Waals surface area contributed by atoms with Crippen molar-refractivity contribution in [3.63, 3.8) is 0 Å². The highest BCUT2D eigenvalue weighted by Crippen LogP contribution is 2.30. The molecule has 0 aromatic carbocycles. The summed E-state index contributed by atoms with van der Waals surface area (Å²) < 4.78 is 19.2. The Bertz CT molecular complexity index is 731. The predicted molar refractivity (Wildman–Crippen MR) is 82.0 cm³/mol. The van der Waals surface area contributed by atoms with Gasteiger partial charge in [0.2, 0.25) is 0 Å². The summed E-state index contributed by atoms with van der Waals surface area (Å²) in [5.74, 6) is 0.981. The van der Waals surface area contributed by atoms with E-state index in [2.05, 4.69) is 16.5 Å². The molecule has 6 heteroatoms.